The molecule has 1 N–H and O–H groups in total. The molecule has 21 heavy (non-hydrogen) atoms. The molecule has 0 heterocycles. The first-order valence-corrected chi connectivity index (χ1v) is 8.42. The lowest BCUT2D eigenvalue weighted by molar-refractivity contribution is -0.127. The number of nitrogens with zero attached hydrogens (tertiary/aromatic N) is 1. The number of thioether (sulfide) groups is 1. The minimum absolute atomic E-state index is 0.0699. The van der Waals surface area contributed by atoms with Gasteiger partial charge in [0.05, 0.1) is 11.5 Å². The van der Waals surface area contributed by atoms with E-state index >= 15 is 0 Å². The van der Waals surface area contributed by atoms with Crippen LogP contribution in [0.1, 0.15) is 19.4 Å². The summed E-state index contributed by atoms with van der Waals surface area (Å²) in [6, 6.07) is 5.32. The molecule has 0 radical (unpaired) electrons. The molecule has 0 saturated heterocycles. The number of halogens is 1. The Bertz CT molecular complexity index is 504. The highest BCUT2D eigenvalue weighted by molar-refractivity contribution is 8.00. The van der Waals surface area contributed by atoms with Gasteiger partial charge in [-0.25, -0.2) is 0 Å². The molecular formula is C15H21ClN2O2S. The quantitative estimate of drug-likeness (QED) is 0.836. The van der Waals surface area contributed by atoms with Gasteiger partial charge in [-0.1, -0.05) is 11.6 Å². The van der Waals surface area contributed by atoms with Gasteiger partial charge in [0.1, 0.15) is 0 Å². The molecule has 0 fully saturated rings. The van der Waals surface area contributed by atoms with Crippen molar-refractivity contribution in [3.8, 4) is 0 Å². The van der Waals surface area contributed by atoms with Gasteiger partial charge < -0.3 is 10.2 Å². The van der Waals surface area contributed by atoms with Gasteiger partial charge in [0, 0.05) is 23.8 Å². The van der Waals surface area contributed by atoms with Gasteiger partial charge in [-0.3, -0.25) is 9.59 Å². The third-order valence-corrected chi connectivity index (χ3v) is 4.19. The molecule has 116 valence electrons. The zero-order valence-corrected chi connectivity index (χ0v) is 14.2. The number of hydrogen-bond donors (Lipinski definition) is 1. The zero-order chi connectivity index (χ0) is 15.8. The number of nitrogens with one attached hydrogen (secondary N) is 1. The van der Waals surface area contributed by atoms with Crippen molar-refractivity contribution in [1.82, 2.24) is 4.90 Å². The standard InChI is InChI=1S/C15H21ClN2O2S/c1-4-18(5-2)15(20)10-21-9-14(19)17-13-7-6-12(16)8-11(13)3/h6-8H,4-5,9-10H2,1-3H3,(H,17,19). The largest absolute Gasteiger partial charge is 0.343 e. The maximum Gasteiger partial charge on any atom is 0.234 e. The van der Waals surface area contributed by atoms with Crippen LogP contribution in [0.2, 0.25) is 5.02 Å². The topological polar surface area (TPSA) is 49.4 Å². The summed E-state index contributed by atoms with van der Waals surface area (Å²) in [5.41, 5.74) is 1.67. The summed E-state index contributed by atoms with van der Waals surface area (Å²) in [7, 11) is 0. The van der Waals surface area contributed by atoms with Crippen molar-refractivity contribution in [3.63, 3.8) is 0 Å². The summed E-state index contributed by atoms with van der Waals surface area (Å²) >= 11 is 7.20. The average molecular weight is 329 g/mol. The molecule has 0 atom stereocenters. The molecule has 0 aliphatic heterocycles. The van der Waals surface area contributed by atoms with Gasteiger partial charge in [0.15, 0.2) is 0 Å². The van der Waals surface area contributed by atoms with Crippen LogP contribution in [0.25, 0.3) is 0 Å². The van der Waals surface area contributed by atoms with Gasteiger partial charge in [-0.15, -0.1) is 11.8 Å². The van der Waals surface area contributed by atoms with Crippen molar-refractivity contribution < 1.29 is 9.59 Å². The highest BCUT2D eigenvalue weighted by atomic mass is 35.5. The van der Waals surface area contributed by atoms with E-state index in [1.165, 1.54) is 11.8 Å². The van der Waals surface area contributed by atoms with E-state index < -0.39 is 0 Å². The molecule has 1 aromatic rings. The van der Waals surface area contributed by atoms with Gasteiger partial charge in [0.2, 0.25) is 11.8 Å². The van der Waals surface area contributed by atoms with E-state index in [4.69, 9.17) is 11.6 Å². The van der Waals surface area contributed by atoms with Gasteiger partial charge in [-0.2, -0.15) is 0 Å². The molecule has 0 unspecified atom stereocenters. The average Bonchev–Trinajstić information content (AvgIpc) is 2.43. The highest BCUT2D eigenvalue weighted by Crippen LogP contribution is 2.19. The molecule has 0 bridgehead atoms. The molecule has 0 aliphatic rings. The fourth-order valence-corrected chi connectivity index (χ4v) is 2.80. The first-order valence-electron chi connectivity index (χ1n) is 6.89. The van der Waals surface area contributed by atoms with Gasteiger partial charge in [-0.05, 0) is 44.5 Å². The molecule has 0 aliphatic carbocycles. The number of amides is 2. The van der Waals surface area contributed by atoms with Crippen LogP contribution in [0.3, 0.4) is 0 Å². The lowest BCUT2D eigenvalue weighted by Crippen LogP contribution is -2.32. The van der Waals surface area contributed by atoms with E-state index in [0.717, 1.165) is 11.3 Å². The third kappa shape index (κ3) is 5.98. The van der Waals surface area contributed by atoms with Crippen LogP contribution in [0, 0.1) is 6.92 Å². The number of hydrogen-bond acceptors (Lipinski definition) is 3. The molecule has 4 nitrogen and oxygen atoms in total. The Labute approximate surface area is 135 Å². The minimum atomic E-state index is -0.113. The van der Waals surface area contributed by atoms with Crippen molar-refractivity contribution in [2.24, 2.45) is 0 Å². The summed E-state index contributed by atoms with van der Waals surface area (Å²) in [6.07, 6.45) is 0. The predicted molar refractivity (Wildman–Crippen MR) is 90.1 cm³/mol. The second-order valence-corrected chi connectivity index (χ2v) is 5.99. The van der Waals surface area contributed by atoms with Crippen molar-refractivity contribution in [2.45, 2.75) is 20.8 Å². The first-order chi connectivity index (χ1) is 9.97. The number of benzene rings is 1. The van der Waals surface area contributed by atoms with E-state index in [9.17, 15) is 9.59 Å². The summed E-state index contributed by atoms with van der Waals surface area (Å²) in [5, 5.41) is 3.47. The van der Waals surface area contributed by atoms with Crippen molar-refractivity contribution in [1.29, 1.82) is 0 Å². The lowest BCUT2D eigenvalue weighted by Gasteiger charge is -2.18. The summed E-state index contributed by atoms with van der Waals surface area (Å²) < 4.78 is 0. The van der Waals surface area contributed by atoms with Crippen LogP contribution in [0.4, 0.5) is 5.69 Å². The molecule has 6 heteroatoms. The van der Waals surface area contributed by atoms with E-state index in [1.54, 1.807) is 23.1 Å². The Balaban J connectivity index is 2.39. The van der Waals surface area contributed by atoms with Crippen molar-refractivity contribution in [2.75, 3.05) is 29.9 Å². The number of aryl methyl sites for hydroxylation is 1. The Morgan fingerprint density at radius 3 is 2.48 bits per heavy atom. The normalized spacial score (nSPS) is 10.3. The molecule has 2 amide bonds. The second-order valence-electron chi connectivity index (χ2n) is 4.57. The summed E-state index contributed by atoms with van der Waals surface area (Å²) in [5.74, 6) is 0.544. The monoisotopic (exact) mass is 328 g/mol. The summed E-state index contributed by atoms with van der Waals surface area (Å²) in [4.78, 5) is 25.4. The second kappa shape index (κ2) is 8.95. The zero-order valence-electron chi connectivity index (χ0n) is 12.6. The third-order valence-electron chi connectivity index (χ3n) is 3.04. The molecule has 0 aromatic heterocycles. The maximum absolute atomic E-state index is 11.9. The van der Waals surface area contributed by atoms with Gasteiger partial charge in [0.25, 0.3) is 0 Å². The van der Waals surface area contributed by atoms with Crippen molar-refractivity contribution >= 4 is 40.9 Å². The van der Waals surface area contributed by atoms with Crippen LogP contribution in [0.5, 0.6) is 0 Å². The Hall–Kier alpha value is -1.20. The predicted octanol–water partition coefficient (Wildman–Crippen LogP) is 3.19. The van der Waals surface area contributed by atoms with Crippen LogP contribution in [-0.2, 0) is 9.59 Å². The first kappa shape index (κ1) is 17.9. The van der Waals surface area contributed by atoms with Crippen LogP contribution in [0.15, 0.2) is 18.2 Å². The summed E-state index contributed by atoms with van der Waals surface area (Å²) in [6.45, 7) is 7.18. The number of anilines is 1. The van der Waals surface area contributed by atoms with Crippen LogP contribution < -0.4 is 5.32 Å². The molecule has 0 saturated carbocycles. The van der Waals surface area contributed by atoms with Crippen LogP contribution in [-0.4, -0.2) is 41.3 Å². The SMILES string of the molecule is CCN(CC)C(=O)CSCC(=O)Nc1ccc(Cl)cc1C. The maximum atomic E-state index is 11.9. The number of carbonyl (C=O) groups excluding carboxylic acids is 2. The number of carbonyl (C=O) groups is 2. The van der Waals surface area contributed by atoms with Crippen LogP contribution >= 0.6 is 23.4 Å². The fraction of sp³-hybridized carbons (Fsp3) is 0.467. The Morgan fingerprint density at radius 1 is 1.24 bits per heavy atom. The van der Waals surface area contributed by atoms with Crippen molar-refractivity contribution in [3.05, 3.63) is 28.8 Å². The molecular weight excluding hydrogens is 308 g/mol. The van der Waals surface area contributed by atoms with E-state index in [2.05, 4.69) is 5.32 Å². The lowest BCUT2D eigenvalue weighted by atomic mass is 10.2. The minimum Gasteiger partial charge on any atom is -0.343 e. The molecule has 0 spiro atoms. The van der Waals surface area contributed by atoms with E-state index in [-0.39, 0.29) is 17.6 Å². The fourth-order valence-electron chi connectivity index (χ4n) is 1.85. The highest BCUT2D eigenvalue weighted by Gasteiger charge is 2.11. The Kier molecular flexibility index (Phi) is 7.61. The van der Waals surface area contributed by atoms with E-state index in [1.807, 2.05) is 20.8 Å². The number of rotatable bonds is 7. The molecule has 1 aromatic carbocycles. The smallest absolute Gasteiger partial charge is 0.234 e. The van der Waals surface area contributed by atoms with E-state index in [0.29, 0.717) is 23.9 Å². The molecule has 1 rings (SSSR count). The van der Waals surface area contributed by atoms with Gasteiger partial charge >= 0.3 is 0 Å². The Morgan fingerprint density at radius 2 is 1.90 bits per heavy atom.